The van der Waals surface area contributed by atoms with Gasteiger partial charge in [0.05, 0.1) is 29.4 Å². The summed E-state index contributed by atoms with van der Waals surface area (Å²) in [4.78, 5) is 23.9. The number of amides is 1. The van der Waals surface area contributed by atoms with Gasteiger partial charge in [-0.2, -0.15) is 18.3 Å². The Kier molecular flexibility index (Phi) is 7.79. The molecule has 0 aliphatic heterocycles. The highest BCUT2D eigenvalue weighted by molar-refractivity contribution is 6.07. The van der Waals surface area contributed by atoms with Crippen molar-refractivity contribution in [3.05, 3.63) is 64.8 Å². The maximum Gasteiger partial charge on any atom is 0.416 e. The van der Waals surface area contributed by atoms with Crippen molar-refractivity contribution in [3.63, 3.8) is 0 Å². The molecule has 0 unspecified atom stereocenters. The summed E-state index contributed by atoms with van der Waals surface area (Å²) < 4.78 is 67.4. The van der Waals surface area contributed by atoms with Crippen molar-refractivity contribution < 1.29 is 36.6 Å². The number of fused-ring (bicyclic) bond motifs is 1. The molecule has 1 saturated carbocycles. The van der Waals surface area contributed by atoms with E-state index in [0.29, 0.717) is 12.1 Å². The van der Waals surface area contributed by atoms with Crippen LogP contribution in [0.4, 0.5) is 22.0 Å². The number of nitrogens with one attached hydrogen (secondary N) is 1. The van der Waals surface area contributed by atoms with Gasteiger partial charge in [0, 0.05) is 23.9 Å². The van der Waals surface area contributed by atoms with E-state index in [0.717, 1.165) is 37.8 Å². The molecule has 6 nitrogen and oxygen atoms in total. The van der Waals surface area contributed by atoms with Crippen molar-refractivity contribution in [2.24, 2.45) is 11.8 Å². The van der Waals surface area contributed by atoms with Gasteiger partial charge < -0.3 is 10.4 Å². The zero-order chi connectivity index (χ0) is 26.7. The number of hydrogen-bond acceptors (Lipinski definition) is 3. The molecule has 1 aliphatic rings. The number of hydrogen-bond donors (Lipinski definition) is 2. The van der Waals surface area contributed by atoms with E-state index < -0.39 is 30.0 Å². The third-order valence-corrected chi connectivity index (χ3v) is 6.91. The number of carboxylic acids is 1. The van der Waals surface area contributed by atoms with Crippen molar-refractivity contribution in [2.45, 2.75) is 51.3 Å². The first kappa shape index (κ1) is 26.6. The van der Waals surface area contributed by atoms with E-state index >= 15 is 0 Å². The first-order valence-electron chi connectivity index (χ1n) is 12.0. The summed E-state index contributed by atoms with van der Waals surface area (Å²) >= 11 is 0. The second-order valence-corrected chi connectivity index (χ2v) is 9.46. The molecule has 198 valence electrons. The molecule has 1 heterocycles. The summed E-state index contributed by atoms with van der Waals surface area (Å²) in [6, 6.07) is 6.86. The Morgan fingerprint density at radius 1 is 1.03 bits per heavy atom. The molecule has 0 atom stereocenters. The fourth-order valence-corrected chi connectivity index (χ4v) is 4.91. The van der Waals surface area contributed by atoms with Gasteiger partial charge in [-0.25, -0.2) is 8.78 Å². The lowest BCUT2D eigenvalue weighted by molar-refractivity contribution is -0.139. The molecular formula is C26H26F5N3O3. The number of carbonyl (C=O) groups is 2. The Morgan fingerprint density at radius 3 is 2.27 bits per heavy atom. The third-order valence-electron chi connectivity index (χ3n) is 6.91. The van der Waals surface area contributed by atoms with Crippen molar-refractivity contribution in [1.82, 2.24) is 15.1 Å². The lowest BCUT2D eigenvalue weighted by atomic mass is 9.80. The molecule has 0 bridgehead atoms. The highest BCUT2D eigenvalue weighted by atomic mass is 19.4. The van der Waals surface area contributed by atoms with Crippen LogP contribution in [0.25, 0.3) is 10.9 Å². The molecule has 2 N–H and O–H groups in total. The monoisotopic (exact) mass is 523 g/mol. The molecule has 1 aliphatic carbocycles. The summed E-state index contributed by atoms with van der Waals surface area (Å²) in [6.45, 7) is 0.336. The zero-order valence-corrected chi connectivity index (χ0v) is 19.8. The van der Waals surface area contributed by atoms with Gasteiger partial charge in [0.1, 0.15) is 0 Å². The molecule has 1 aromatic heterocycles. The van der Waals surface area contributed by atoms with Crippen LogP contribution in [0.1, 0.15) is 65.6 Å². The van der Waals surface area contributed by atoms with Crippen molar-refractivity contribution in [1.29, 1.82) is 0 Å². The number of rotatable bonds is 8. The number of carboxylic acid groups (broad SMARTS) is 1. The van der Waals surface area contributed by atoms with Gasteiger partial charge in [-0.3, -0.25) is 14.3 Å². The average molecular weight is 524 g/mol. The van der Waals surface area contributed by atoms with Crippen molar-refractivity contribution >= 4 is 22.8 Å². The normalized spacial score (nSPS) is 18.3. The fourth-order valence-electron chi connectivity index (χ4n) is 4.91. The van der Waals surface area contributed by atoms with E-state index in [-0.39, 0.29) is 46.8 Å². The topological polar surface area (TPSA) is 84.2 Å². The van der Waals surface area contributed by atoms with Crippen LogP contribution in [0, 0.1) is 11.8 Å². The molecule has 2 aromatic carbocycles. The van der Waals surface area contributed by atoms with E-state index in [4.69, 9.17) is 5.11 Å². The van der Waals surface area contributed by atoms with E-state index in [9.17, 15) is 31.5 Å². The van der Waals surface area contributed by atoms with Crippen LogP contribution in [-0.2, 0) is 17.5 Å². The van der Waals surface area contributed by atoms with Gasteiger partial charge >= 0.3 is 12.1 Å². The Morgan fingerprint density at radius 2 is 1.68 bits per heavy atom. The quantitative estimate of drug-likeness (QED) is 0.352. The third kappa shape index (κ3) is 6.26. The highest BCUT2D eigenvalue weighted by Gasteiger charge is 2.30. The van der Waals surface area contributed by atoms with Crippen LogP contribution in [0.5, 0.6) is 0 Å². The minimum atomic E-state index is -4.49. The number of benzene rings is 2. The molecule has 0 saturated heterocycles. The molecule has 0 radical (unpaired) electrons. The summed E-state index contributed by atoms with van der Waals surface area (Å²) in [5.41, 5.74) is -0.474. The van der Waals surface area contributed by atoms with Gasteiger partial charge in [-0.1, -0.05) is 18.2 Å². The molecule has 3 aromatic rings. The van der Waals surface area contributed by atoms with Crippen LogP contribution in [-0.4, -0.2) is 33.3 Å². The van der Waals surface area contributed by atoms with Crippen LogP contribution in [0.3, 0.4) is 0 Å². The number of nitrogens with zero attached hydrogens (tertiary/aromatic N) is 2. The molecule has 0 spiro atoms. The number of alkyl halides is 5. The maximum atomic E-state index is 13.8. The maximum absolute atomic E-state index is 13.8. The predicted octanol–water partition coefficient (Wildman–Crippen LogP) is 6.05. The number of halogens is 5. The minimum Gasteiger partial charge on any atom is -0.481 e. The van der Waals surface area contributed by atoms with E-state index in [2.05, 4.69) is 10.4 Å². The Bertz CT molecular complexity index is 1260. The SMILES string of the molecule is O=C(O)CC1CCC(CNC(=O)c2ccc(C(F)F)c3c2cnn3Cc2ccc(C(F)(F)F)cc2)CC1. The van der Waals surface area contributed by atoms with Gasteiger partial charge in [0.25, 0.3) is 12.3 Å². The molecule has 1 fully saturated rings. The van der Waals surface area contributed by atoms with Crippen LogP contribution in [0.2, 0.25) is 0 Å². The zero-order valence-electron chi connectivity index (χ0n) is 19.8. The second-order valence-electron chi connectivity index (χ2n) is 9.46. The minimum absolute atomic E-state index is 0.0496. The summed E-state index contributed by atoms with van der Waals surface area (Å²) in [5.74, 6) is -0.909. The molecule has 37 heavy (non-hydrogen) atoms. The molecular weight excluding hydrogens is 497 g/mol. The lowest BCUT2D eigenvalue weighted by Gasteiger charge is -2.27. The van der Waals surface area contributed by atoms with E-state index in [1.165, 1.54) is 35.1 Å². The van der Waals surface area contributed by atoms with Gasteiger partial charge in [-0.15, -0.1) is 0 Å². The lowest BCUT2D eigenvalue weighted by Crippen LogP contribution is -2.31. The standard InChI is InChI=1S/C26H26F5N3O3/c27-24(28)20-10-9-19(25(37)32-12-16-3-1-15(2-4-16)11-22(35)36)21-13-33-34(23(20)21)14-17-5-7-18(8-6-17)26(29,30)31/h5-10,13,15-16,24H,1-4,11-12,14H2,(H,32,37)(H,35,36). The second kappa shape index (κ2) is 10.9. The molecule has 11 heteroatoms. The molecule has 4 rings (SSSR count). The van der Waals surface area contributed by atoms with Gasteiger partial charge in [0.2, 0.25) is 0 Å². The number of aromatic nitrogens is 2. The first-order chi connectivity index (χ1) is 17.5. The Hall–Kier alpha value is -3.50. The van der Waals surface area contributed by atoms with Gasteiger partial charge in [-0.05, 0) is 61.3 Å². The number of aliphatic carboxylic acids is 1. The van der Waals surface area contributed by atoms with Crippen molar-refractivity contribution in [3.8, 4) is 0 Å². The summed E-state index contributed by atoms with van der Waals surface area (Å²) in [7, 11) is 0. The Labute approximate surface area is 209 Å². The fraction of sp³-hybridized carbons (Fsp3) is 0.423. The van der Waals surface area contributed by atoms with Crippen LogP contribution >= 0.6 is 0 Å². The van der Waals surface area contributed by atoms with Crippen LogP contribution in [0.15, 0.2) is 42.6 Å². The van der Waals surface area contributed by atoms with E-state index in [1.807, 2.05) is 0 Å². The summed E-state index contributed by atoms with van der Waals surface area (Å²) in [6.07, 6.45) is -2.73. The average Bonchev–Trinajstić information content (AvgIpc) is 3.25. The first-order valence-corrected chi connectivity index (χ1v) is 12.0. The predicted molar refractivity (Wildman–Crippen MR) is 125 cm³/mol. The summed E-state index contributed by atoms with van der Waals surface area (Å²) in [5, 5.41) is 16.2. The molecule has 1 amide bonds. The largest absolute Gasteiger partial charge is 0.481 e. The Balaban J connectivity index is 1.50. The number of carbonyl (C=O) groups excluding carboxylic acids is 1. The van der Waals surface area contributed by atoms with Crippen molar-refractivity contribution in [2.75, 3.05) is 6.54 Å². The van der Waals surface area contributed by atoms with Crippen LogP contribution < -0.4 is 5.32 Å². The van der Waals surface area contributed by atoms with Gasteiger partial charge in [0.15, 0.2) is 0 Å². The highest BCUT2D eigenvalue weighted by Crippen LogP contribution is 2.33. The van der Waals surface area contributed by atoms with E-state index in [1.54, 1.807) is 0 Å². The smallest absolute Gasteiger partial charge is 0.416 e.